The highest BCUT2D eigenvalue weighted by molar-refractivity contribution is 5.43. The Morgan fingerprint density at radius 3 is 2.89 bits per heavy atom. The molecule has 2 N–H and O–H groups in total. The van der Waals surface area contributed by atoms with E-state index in [0.29, 0.717) is 13.2 Å². The molecule has 19 heavy (non-hydrogen) atoms. The Labute approximate surface area is 113 Å². The van der Waals surface area contributed by atoms with E-state index in [0.717, 1.165) is 22.4 Å². The van der Waals surface area contributed by atoms with Gasteiger partial charge in [0.2, 0.25) is 0 Å². The molecule has 3 nitrogen and oxygen atoms in total. The summed E-state index contributed by atoms with van der Waals surface area (Å²) in [7, 11) is 0. The molecule has 3 heteroatoms. The minimum absolute atomic E-state index is 0.373. The Kier molecular flexibility index (Phi) is 4.54. The first-order valence-corrected chi connectivity index (χ1v) is 6.11. The highest BCUT2D eigenvalue weighted by Gasteiger charge is 2.01. The number of benzene rings is 1. The third kappa shape index (κ3) is 3.84. The molecule has 0 spiro atoms. The number of nitrogens with two attached hydrogens (primary N) is 1. The average Bonchev–Trinajstić information content (AvgIpc) is 2.45. The van der Waals surface area contributed by atoms with Crippen LogP contribution in [0.15, 0.2) is 42.7 Å². The van der Waals surface area contributed by atoms with E-state index in [1.165, 1.54) is 0 Å². The zero-order valence-electron chi connectivity index (χ0n) is 10.9. The second kappa shape index (κ2) is 6.58. The molecule has 0 fully saturated rings. The van der Waals surface area contributed by atoms with Gasteiger partial charge in [-0.15, -0.1) is 0 Å². The lowest BCUT2D eigenvalue weighted by Crippen LogP contribution is -1.97. The molecule has 0 aliphatic heterocycles. The Bertz CT molecular complexity index is 597. The van der Waals surface area contributed by atoms with Crippen LogP contribution in [0.1, 0.15) is 16.7 Å². The molecule has 0 aliphatic carbocycles. The minimum atomic E-state index is 0.373. The van der Waals surface area contributed by atoms with Crippen molar-refractivity contribution in [2.24, 2.45) is 5.73 Å². The van der Waals surface area contributed by atoms with Gasteiger partial charge in [-0.05, 0) is 36.8 Å². The number of nitrogens with zero attached hydrogens (tertiary/aromatic N) is 1. The molecular weight excluding hydrogens is 236 g/mol. The lowest BCUT2D eigenvalue weighted by molar-refractivity contribution is 0.303. The van der Waals surface area contributed by atoms with Gasteiger partial charge in [0.05, 0.1) is 6.54 Å². The minimum Gasteiger partial charge on any atom is -0.489 e. The van der Waals surface area contributed by atoms with Gasteiger partial charge in [0, 0.05) is 23.5 Å². The Morgan fingerprint density at radius 1 is 1.32 bits per heavy atom. The second-order valence-corrected chi connectivity index (χ2v) is 4.14. The first-order chi connectivity index (χ1) is 9.29. The van der Waals surface area contributed by atoms with Crippen LogP contribution in [0.3, 0.4) is 0 Å². The molecule has 1 aromatic heterocycles. The van der Waals surface area contributed by atoms with Gasteiger partial charge in [-0.25, -0.2) is 0 Å². The molecular formula is C16H16N2O. The Hall–Kier alpha value is -2.31. The zero-order valence-corrected chi connectivity index (χ0v) is 10.9. The van der Waals surface area contributed by atoms with Crippen LogP contribution in [-0.4, -0.2) is 11.5 Å². The highest BCUT2D eigenvalue weighted by Crippen LogP contribution is 2.19. The lowest BCUT2D eigenvalue weighted by atomic mass is 10.1. The van der Waals surface area contributed by atoms with E-state index < -0.39 is 0 Å². The van der Waals surface area contributed by atoms with E-state index in [1.807, 2.05) is 37.3 Å². The van der Waals surface area contributed by atoms with E-state index in [1.54, 1.807) is 12.4 Å². The molecule has 2 aromatic rings. The maximum atomic E-state index is 5.77. The Morgan fingerprint density at radius 2 is 2.21 bits per heavy atom. The molecule has 0 unspecified atom stereocenters. The van der Waals surface area contributed by atoms with Crippen LogP contribution in [0.25, 0.3) is 0 Å². The Balaban J connectivity index is 2.05. The summed E-state index contributed by atoms with van der Waals surface area (Å²) >= 11 is 0. The van der Waals surface area contributed by atoms with Gasteiger partial charge in [0.15, 0.2) is 0 Å². The smallest absolute Gasteiger partial charge is 0.122 e. The standard InChI is InChI=1S/C16H16N2O/c1-13-10-14(4-2-8-17)6-7-16(13)19-12-15-5-3-9-18-11-15/h3,5-7,9-11H,8,12,17H2,1H3. The topological polar surface area (TPSA) is 48.1 Å². The normalized spacial score (nSPS) is 9.58. The van der Waals surface area contributed by atoms with Crippen molar-refractivity contribution >= 4 is 0 Å². The third-order valence-electron chi connectivity index (χ3n) is 2.63. The summed E-state index contributed by atoms with van der Waals surface area (Å²) in [5.74, 6) is 6.71. The average molecular weight is 252 g/mol. The number of ether oxygens (including phenoxy) is 1. The molecule has 2 rings (SSSR count). The quantitative estimate of drug-likeness (QED) is 0.852. The molecule has 0 radical (unpaired) electrons. The van der Waals surface area contributed by atoms with Gasteiger partial charge < -0.3 is 10.5 Å². The van der Waals surface area contributed by atoms with Crippen molar-refractivity contribution in [3.05, 3.63) is 59.4 Å². The molecule has 96 valence electrons. The third-order valence-corrected chi connectivity index (χ3v) is 2.63. The fourth-order valence-corrected chi connectivity index (χ4v) is 1.69. The monoisotopic (exact) mass is 252 g/mol. The van der Waals surface area contributed by atoms with Crippen molar-refractivity contribution in [2.75, 3.05) is 6.54 Å². The van der Waals surface area contributed by atoms with Crippen LogP contribution in [0.5, 0.6) is 5.75 Å². The number of aryl methyl sites for hydroxylation is 1. The second-order valence-electron chi connectivity index (χ2n) is 4.14. The predicted molar refractivity (Wildman–Crippen MR) is 75.7 cm³/mol. The highest BCUT2D eigenvalue weighted by atomic mass is 16.5. The summed E-state index contributed by atoms with van der Waals surface area (Å²) in [4.78, 5) is 4.06. The number of pyridine rings is 1. The zero-order chi connectivity index (χ0) is 13.5. The van der Waals surface area contributed by atoms with Crippen molar-refractivity contribution in [3.8, 4) is 17.6 Å². The molecule has 0 bridgehead atoms. The van der Waals surface area contributed by atoms with E-state index in [2.05, 4.69) is 16.8 Å². The summed E-state index contributed by atoms with van der Waals surface area (Å²) in [6.07, 6.45) is 3.55. The maximum Gasteiger partial charge on any atom is 0.122 e. The van der Waals surface area contributed by atoms with Gasteiger partial charge in [-0.1, -0.05) is 17.9 Å². The number of hydrogen-bond donors (Lipinski definition) is 1. The van der Waals surface area contributed by atoms with Gasteiger partial charge in [0.25, 0.3) is 0 Å². The van der Waals surface area contributed by atoms with Crippen LogP contribution >= 0.6 is 0 Å². The summed E-state index contributed by atoms with van der Waals surface area (Å²) in [5, 5.41) is 0. The first kappa shape index (κ1) is 13.1. The van der Waals surface area contributed by atoms with Crippen molar-refractivity contribution in [1.82, 2.24) is 4.98 Å². The fourth-order valence-electron chi connectivity index (χ4n) is 1.69. The van der Waals surface area contributed by atoms with Crippen molar-refractivity contribution in [3.63, 3.8) is 0 Å². The van der Waals surface area contributed by atoms with Crippen molar-refractivity contribution in [2.45, 2.75) is 13.5 Å². The lowest BCUT2D eigenvalue weighted by Gasteiger charge is -2.09. The molecule has 0 aliphatic rings. The maximum absolute atomic E-state index is 5.77. The number of hydrogen-bond acceptors (Lipinski definition) is 3. The summed E-state index contributed by atoms with van der Waals surface area (Å²) in [5.41, 5.74) is 8.42. The molecule has 0 saturated carbocycles. The van der Waals surface area contributed by atoms with Crippen molar-refractivity contribution in [1.29, 1.82) is 0 Å². The predicted octanol–water partition coefficient (Wildman–Crippen LogP) is 2.28. The summed E-state index contributed by atoms with van der Waals surface area (Å²) in [6.45, 7) is 2.90. The van der Waals surface area contributed by atoms with Crippen LogP contribution < -0.4 is 10.5 Å². The van der Waals surface area contributed by atoms with Crippen LogP contribution in [0, 0.1) is 18.8 Å². The van der Waals surface area contributed by atoms with Crippen molar-refractivity contribution < 1.29 is 4.74 Å². The number of aromatic nitrogens is 1. The summed E-state index contributed by atoms with van der Waals surface area (Å²) < 4.78 is 5.77. The van der Waals surface area contributed by atoms with Gasteiger partial charge >= 0.3 is 0 Å². The molecule has 1 heterocycles. The fraction of sp³-hybridized carbons (Fsp3) is 0.188. The first-order valence-electron chi connectivity index (χ1n) is 6.11. The summed E-state index contributed by atoms with van der Waals surface area (Å²) in [6, 6.07) is 9.77. The van der Waals surface area contributed by atoms with E-state index >= 15 is 0 Å². The molecule has 1 aromatic carbocycles. The van der Waals surface area contributed by atoms with Crippen LogP contribution in [-0.2, 0) is 6.61 Å². The molecule has 0 saturated heterocycles. The van der Waals surface area contributed by atoms with E-state index in [9.17, 15) is 0 Å². The van der Waals surface area contributed by atoms with Gasteiger partial charge in [-0.2, -0.15) is 0 Å². The SMILES string of the molecule is Cc1cc(C#CCN)ccc1OCc1cccnc1. The van der Waals surface area contributed by atoms with Crippen LogP contribution in [0.2, 0.25) is 0 Å². The van der Waals surface area contributed by atoms with E-state index in [4.69, 9.17) is 10.5 Å². The largest absolute Gasteiger partial charge is 0.489 e. The van der Waals surface area contributed by atoms with E-state index in [-0.39, 0.29) is 0 Å². The molecule has 0 atom stereocenters. The van der Waals surface area contributed by atoms with Crippen LogP contribution in [0.4, 0.5) is 0 Å². The number of rotatable bonds is 3. The van der Waals surface area contributed by atoms with Gasteiger partial charge in [-0.3, -0.25) is 4.98 Å². The van der Waals surface area contributed by atoms with Gasteiger partial charge in [0.1, 0.15) is 12.4 Å². The molecule has 0 amide bonds.